The van der Waals surface area contributed by atoms with Gasteiger partial charge in [0.25, 0.3) is 0 Å². The Morgan fingerprint density at radius 2 is 1.48 bits per heavy atom. The van der Waals surface area contributed by atoms with E-state index in [9.17, 15) is 5.11 Å². The summed E-state index contributed by atoms with van der Waals surface area (Å²) in [4.78, 5) is 25.9. The van der Waals surface area contributed by atoms with Crippen LogP contribution in [0.1, 0.15) is 0 Å². The number of nitrogens with zero attached hydrogens (tertiary/aromatic N) is 1. The molecule has 156 valence electrons. The van der Waals surface area contributed by atoms with E-state index in [1.165, 1.54) is 13.5 Å². The van der Waals surface area contributed by atoms with E-state index in [4.69, 9.17) is 37.9 Å². The summed E-state index contributed by atoms with van der Waals surface area (Å²) in [6.45, 7) is 0. The van der Waals surface area contributed by atoms with Gasteiger partial charge in [0, 0.05) is 17.2 Å². The van der Waals surface area contributed by atoms with Crippen molar-refractivity contribution in [3.05, 3.63) is 42.8 Å². The number of methoxy groups -OCH3 is 3. The zero-order valence-electron chi connectivity index (χ0n) is 15.8. The van der Waals surface area contributed by atoms with E-state index in [0.717, 1.165) is 5.56 Å². The van der Waals surface area contributed by atoms with Crippen LogP contribution in [-0.4, -0.2) is 46.1 Å². The number of phenols is 1. The molecule has 11 heteroatoms. The first kappa shape index (κ1) is 22.3. The molecule has 29 heavy (non-hydrogen) atoms. The smallest absolute Gasteiger partial charge is 0.466 e. The highest BCUT2D eigenvalue weighted by Gasteiger charge is 2.16. The van der Waals surface area contributed by atoms with E-state index in [2.05, 4.69) is 4.98 Å². The fourth-order valence-corrected chi connectivity index (χ4v) is 2.43. The van der Waals surface area contributed by atoms with Crippen molar-refractivity contribution < 1.29 is 43.0 Å². The van der Waals surface area contributed by atoms with Crippen LogP contribution in [0.2, 0.25) is 0 Å². The molecule has 4 N–H and O–H groups in total. The molecule has 0 spiro atoms. The largest absolute Gasteiger partial charge is 0.504 e. The van der Waals surface area contributed by atoms with Gasteiger partial charge in [0.15, 0.2) is 23.7 Å². The molecule has 10 nitrogen and oxygen atoms in total. The molecule has 0 amide bonds. The molecule has 0 atom stereocenters. The number of ether oxygens (including phenoxy) is 3. The van der Waals surface area contributed by atoms with Crippen LogP contribution in [0, 0.1) is 0 Å². The normalized spacial score (nSPS) is 10.7. The average Bonchev–Trinajstić information content (AvgIpc) is 3.16. The lowest BCUT2D eigenvalue weighted by molar-refractivity contribution is 0.275. The number of phenolic OH excluding ortho intramolecular Hbond substituents is 1. The topological polar surface area (TPSA) is 152 Å². The van der Waals surface area contributed by atoms with Crippen molar-refractivity contribution in [1.29, 1.82) is 0 Å². The Bertz CT molecular complexity index is 982. The standard InChI is InChI=1S/C18H17NO5.H3O4P/c1-21-13-6-12(7-14(9-13)22-2)17-18(24-10-19-17)11-4-5-16(23-3)15(20)8-11;1-5(2,3)4/h4-10,20H,1-3H3;(H3,1,2,3,4). The van der Waals surface area contributed by atoms with Gasteiger partial charge in [-0.1, -0.05) is 0 Å². The lowest BCUT2D eigenvalue weighted by Gasteiger charge is -2.09. The third kappa shape index (κ3) is 6.23. The van der Waals surface area contributed by atoms with Gasteiger partial charge in [-0.05, 0) is 30.3 Å². The van der Waals surface area contributed by atoms with Gasteiger partial charge in [0.05, 0.1) is 21.3 Å². The van der Waals surface area contributed by atoms with Gasteiger partial charge in [0.1, 0.15) is 17.2 Å². The van der Waals surface area contributed by atoms with Crippen LogP contribution in [0.3, 0.4) is 0 Å². The van der Waals surface area contributed by atoms with E-state index in [-0.39, 0.29) is 5.75 Å². The number of rotatable bonds is 5. The first-order chi connectivity index (χ1) is 13.7. The number of oxazole rings is 1. The molecule has 0 radical (unpaired) electrons. The minimum Gasteiger partial charge on any atom is -0.504 e. The fraction of sp³-hybridized carbons (Fsp3) is 0.167. The molecule has 0 saturated carbocycles. The molecule has 3 aromatic rings. The summed E-state index contributed by atoms with van der Waals surface area (Å²) < 4.78 is 30.1. The lowest BCUT2D eigenvalue weighted by atomic mass is 10.0. The Morgan fingerprint density at radius 1 is 0.897 bits per heavy atom. The summed E-state index contributed by atoms with van der Waals surface area (Å²) in [6, 6.07) is 10.5. The van der Waals surface area contributed by atoms with Crippen LogP contribution in [0.4, 0.5) is 0 Å². The third-order valence-electron chi connectivity index (χ3n) is 3.63. The molecular formula is C18H20NO9P. The van der Waals surface area contributed by atoms with Crippen LogP contribution in [0.15, 0.2) is 47.2 Å². The minimum atomic E-state index is -4.64. The Morgan fingerprint density at radius 3 is 1.97 bits per heavy atom. The highest BCUT2D eigenvalue weighted by Crippen LogP contribution is 2.38. The number of phosphoric acid groups is 1. The number of aromatic hydroxyl groups is 1. The Hall–Kier alpha value is -3.04. The predicted octanol–water partition coefficient (Wildman–Crippen LogP) is 2.81. The molecule has 0 aliphatic rings. The quantitative estimate of drug-likeness (QED) is 0.449. The summed E-state index contributed by atoms with van der Waals surface area (Å²) in [6.07, 6.45) is 1.36. The first-order valence-electron chi connectivity index (χ1n) is 7.99. The van der Waals surface area contributed by atoms with Crippen molar-refractivity contribution in [3.63, 3.8) is 0 Å². The van der Waals surface area contributed by atoms with Crippen LogP contribution >= 0.6 is 7.82 Å². The Kier molecular flexibility index (Phi) is 7.24. The number of hydrogen-bond donors (Lipinski definition) is 4. The van der Waals surface area contributed by atoms with Gasteiger partial charge < -0.3 is 38.4 Å². The van der Waals surface area contributed by atoms with E-state index < -0.39 is 7.82 Å². The molecule has 0 aliphatic heterocycles. The van der Waals surface area contributed by atoms with Crippen molar-refractivity contribution in [2.75, 3.05) is 21.3 Å². The van der Waals surface area contributed by atoms with Crippen molar-refractivity contribution in [2.24, 2.45) is 0 Å². The van der Waals surface area contributed by atoms with Gasteiger partial charge >= 0.3 is 7.82 Å². The maximum atomic E-state index is 9.99. The second kappa shape index (κ2) is 9.44. The Labute approximate surface area is 166 Å². The monoisotopic (exact) mass is 425 g/mol. The third-order valence-corrected chi connectivity index (χ3v) is 3.63. The predicted molar refractivity (Wildman–Crippen MR) is 103 cm³/mol. The van der Waals surface area contributed by atoms with E-state index in [0.29, 0.717) is 34.3 Å². The van der Waals surface area contributed by atoms with Gasteiger partial charge in [-0.2, -0.15) is 0 Å². The average molecular weight is 425 g/mol. The van der Waals surface area contributed by atoms with Crippen LogP contribution in [-0.2, 0) is 4.57 Å². The van der Waals surface area contributed by atoms with Crippen LogP contribution in [0.5, 0.6) is 23.0 Å². The van der Waals surface area contributed by atoms with E-state index in [1.54, 1.807) is 38.5 Å². The molecule has 0 aliphatic carbocycles. The molecular weight excluding hydrogens is 405 g/mol. The zero-order valence-corrected chi connectivity index (χ0v) is 16.7. The Balaban J connectivity index is 0.000000537. The maximum absolute atomic E-state index is 9.99. The SMILES string of the molecule is COc1cc(OC)cc(-c2ncoc2-c2ccc(OC)c(O)c2)c1.O=P(O)(O)O. The summed E-state index contributed by atoms with van der Waals surface area (Å²) in [7, 11) is 0.0324. The number of aromatic nitrogens is 1. The van der Waals surface area contributed by atoms with Gasteiger partial charge in [-0.3, -0.25) is 0 Å². The molecule has 3 rings (SSSR count). The van der Waals surface area contributed by atoms with Crippen molar-refractivity contribution in [1.82, 2.24) is 4.98 Å². The fourth-order valence-electron chi connectivity index (χ4n) is 2.43. The highest BCUT2D eigenvalue weighted by atomic mass is 31.2. The molecule has 0 fully saturated rings. The summed E-state index contributed by atoms with van der Waals surface area (Å²) in [5.41, 5.74) is 2.09. The van der Waals surface area contributed by atoms with Crippen molar-refractivity contribution >= 4 is 7.82 Å². The van der Waals surface area contributed by atoms with Crippen LogP contribution in [0.25, 0.3) is 22.6 Å². The highest BCUT2D eigenvalue weighted by molar-refractivity contribution is 7.45. The molecule has 2 aromatic carbocycles. The van der Waals surface area contributed by atoms with Gasteiger partial charge in [-0.15, -0.1) is 0 Å². The van der Waals surface area contributed by atoms with Crippen molar-refractivity contribution in [2.45, 2.75) is 0 Å². The summed E-state index contributed by atoms with van der Waals surface area (Å²) >= 11 is 0. The number of hydrogen-bond acceptors (Lipinski definition) is 7. The summed E-state index contributed by atoms with van der Waals surface area (Å²) in [5.74, 6) is 2.25. The maximum Gasteiger partial charge on any atom is 0.466 e. The summed E-state index contributed by atoms with van der Waals surface area (Å²) in [5, 5.41) is 9.99. The minimum absolute atomic E-state index is 0.0283. The van der Waals surface area contributed by atoms with E-state index >= 15 is 0 Å². The molecule has 0 bridgehead atoms. The second-order valence-corrected chi connectivity index (χ2v) is 6.56. The number of benzene rings is 2. The van der Waals surface area contributed by atoms with Crippen LogP contribution < -0.4 is 14.2 Å². The van der Waals surface area contributed by atoms with Gasteiger partial charge in [0.2, 0.25) is 0 Å². The lowest BCUT2D eigenvalue weighted by Crippen LogP contribution is -1.90. The van der Waals surface area contributed by atoms with Crippen molar-refractivity contribution in [3.8, 4) is 45.6 Å². The van der Waals surface area contributed by atoms with E-state index in [1.807, 2.05) is 12.1 Å². The zero-order chi connectivity index (χ0) is 21.6. The molecule has 0 unspecified atom stereocenters. The second-order valence-electron chi connectivity index (χ2n) is 5.53. The first-order valence-corrected chi connectivity index (χ1v) is 9.55. The molecule has 1 heterocycles. The molecule has 0 saturated heterocycles. The molecule has 1 aromatic heterocycles. The van der Waals surface area contributed by atoms with Gasteiger partial charge in [-0.25, -0.2) is 9.55 Å².